The van der Waals surface area contributed by atoms with Gasteiger partial charge in [-0.3, -0.25) is 0 Å². The second-order valence-corrected chi connectivity index (χ2v) is 8.34. The van der Waals surface area contributed by atoms with Crippen molar-refractivity contribution < 1.29 is 10.2 Å². The number of unbranched alkanes of at least 4 members (excludes halogenated alkanes) is 3. The summed E-state index contributed by atoms with van der Waals surface area (Å²) in [5.74, 6) is 0.720. The molecule has 2 rings (SSSR count). The summed E-state index contributed by atoms with van der Waals surface area (Å²) in [7, 11) is 0. The predicted molar refractivity (Wildman–Crippen MR) is 102 cm³/mol. The van der Waals surface area contributed by atoms with Crippen LogP contribution >= 0.6 is 0 Å². The van der Waals surface area contributed by atoms with Gasteiger partial charge in [-0.25, -0.2) is 0 Å². The molecule has 2 N–H and O–H groups in total. The summed E-state index contributed by atoms with van der Waals surface area (Å²) in [6, 6.07) is 6.29. The number of phenolic OH excluding ortho intramolecular Hbond substituents is 1. The summed E-state index contributed by atoms with van der Waals surface area (Å²) in [4.78, 5) is 0. The second-order valence-electron chi connectivity index (χ2n) is 8.34. The Bertz CT molecular complexity index is 507. The van der Waals surface area contributed by atoms with Crippen LogP contribution in [0.1, 0.15) is 102 Å². The highest BCUT2D eigenvalue weighted by Crippen LogP contribution is 2.39. The average molecular weight is 333 g/mol. The maximum atomic E-state index is 10.6. The number of benzene rings is 1. The first-order chi connectivity index (χ1) is 11.4. The quantitative estimate of drug-likeness (QED) is 0.471. The van der Waals surface area contributed by atoms with Crippen molar-refractivity contribution >= 4 is 0 Å². The standard InChI is InChI=1S/C22H36O2/c1-4-5-6-9-14-22(2,3)18-12-13-20(21(24)16-18)17-10-7-8-11-19(23)15-17/h12-13,16-17,19,23-24H,4-11,14-15H2,1-3H3. The zero-order chi connectivity index (χ0) is 17.6. The Morgan fingerprint density at radius 2 is 1.83 bits per heavy atom. The minimum Gasteiger partial charge on any atom is -0.508 e. The summed E-state index contributed by atoms with van der Waals surface area (Å²) in [6.07, 6.45) is 11.1. The van der Waals surface area contributed by atoms with Crippen LogP contribution in [0.5, 0.6) is 5.75 Å². The zero-order valence-electron chi connectivity index (χ0n) is 15.9. The van der Waals surface area contributed by atoms with Crippen LogP contribution in [0, 0.1) is 0 Å². The van der Waals surface area contributed by atoms with Crippen molar-refractivity contribution in [1.29, 1.82) is 0 Å². The lowest BCUT2D eigenvalue weighted by atomic mass is 9.78. The van der Waals surface area contributed by atoms with Gasteiger partial charge in [-0.05, 0) is 54.2 Å². The van der Waals surface area contributed by atoms with Crippen LogP contribution in [-0.2, 0) is 5.41 Å². The van der Waals surface area contributed by atoms with E-state index in [9.17, 15) is 10.2 Å². The molecule has 2 atom stereocenters. The van der Waals surface area contributed by atoms with Gasteiger partial charge in [0.1, 0.15) is 5.75 Å². The summed E-state index contributed by atoms with van der Waals surface area (Å²) in [5.41, 5.74) is 2.36. The van der Waals surface area contributed by atoms with Crippen molar-refractivity contribution in [3.8, 4) is 5.75 Å². The largest absolute Gasteiger partial charge is 0.508 e. The molecule has 136 valence electrons. The fraction of sp³-hybridized carbons (Fsp3) is 0.727. The number of aromatic hydroxyl groups is 1. The van der Waals surface area contributed by atoms with E-state index in [1.54, 1.807) is 0 Å². The molecule has 1 aromatic rings. The summed E-state index contributed by atoms with van der Waals surface area (Å²) < 4.78 is 0. The van der Waals surface area contributed by atoms with Crippen LogP contribution in [0.4, 0.5) is 0 Å². The van der Waals surface area contributed by atoms with Gasteiger partial charge in [-0.1, -0.05) is 71.4 Å². The molecule has 0 amide bonds. The third-order valence-corrected chi connectivity index (χ3v) is 5.80. The normalized spacial score (nSPS) is 22.3. The molecule has 0 aromatic heterocycles. The second kappa shape index (κ2) is 8.89. The number of aliphatic hydroxyl groups excluding tert-OH is 1. The third-order valence-electron chi connectivity index (χ3n) is 5.80. The van der Waals surface area contributed by atoms with E-state index in [0.29, 0.717) is 11.7 Å². The molecule has 0 bridgehead atoms. The fourth-order valence-electron chi connectivity index (χ4n) is 4.07. The molecule has 0 aliphatic heterocycles. The third kappa shape index (κ3) is 5.24. The highest BCUT2D eigenvalue weighted by molar-refractivity contribution is 5.41. The van der Waals surface area contributed by atoms with Gasteiger partial charge < -0.3 is 10.2 Å². The number of rotatable bonds is 7. The van der Waals surface area contributed by atoms with Crippen LogP contribution in [0.3, 0.4) is 0 Å². The topological polar surface area (TPSA) is 40.5 Å². The lowest BCUT2D eigenvalue weighted by molar-refractivity contribution is 0.151. The van der Waals surface area contributed by atoms with Crippen molar-refractivity contribution in [1.82, 2.24) is 0 Å². The predicted octanol–water partition coefficient (Wildman–Crippen LogP) is 6.05. The minimum atomic E-state index is -0.216. The summed E-state index contributed by atoms with van der Waals surface area (Å²) >= 11 is 0. The lowest BCUT2D eigenvalue weighted by Gasteiger charge is -2.27. The van der Waals surface area contributed by atoms with Gasteiger partial charge in [0.25, 0.3) is 0 Å². The Labute approximate surface area is 148 Å². The van der Waals surface area contributed by atoms with Crippen LogP contribution < -0.4 is 0 Å². The molecule has 0 saturated heterocycles. The highest BCUT2D eigenvalue weighted by atomic mass is 16.3. The highest BCUT2D eigenvalue weighted by Gasteiger charge is 2.25. The van der Waals surface area contributed by atoms with E-state index in [0.717, 1.165) is 44.1 Å². The van der Waals surface area contributed by atoms with E-state index in [1.165, 1.54) is 31.2 Å². The first-order valence-corrected chi connectivity index (χ1v) is 9.95. The number of aliphatic hydroxyl groups is 1. The molecule has 1 fully saturated rings. The molecule has 2 heteroatoms. The van der Waals surface area contributed by atoms with Crippen molar-refractivity contribution in [3.05, 3.63) is 29.3 Å². The fourth-order valence-corrected chi connectivity index (χ4v) is 4.07. The molecule has 1 aliphatic rings. The van der Waals surface area contributed by atoms with E-state index in [4.69, 9.17) is 0 Å². The van der Waals surface area contributed by atoms with E-state index >= 15 is 0 Å². The molecule has 0 heterocycles. The van der Waals surface area contributed by atoms with Gasteiger partial charge in [-0.2, -0.15) is 0 Å². The van der Waals surface area contributed by atoms with Crippen molar-refractivity contribution in [2.45, 2.75) is 102 Å². The first kappa shape index (κ1) is 19.3. The molecule has 2 nitrogen and oxygen atoms in total. The monoisotopic (exact) mass is 332 g/mol. The maximum absolute atomic E-state index is 10.6. The van der Waals surface area contributed by atoms with E-state index in [-0.39, 0.29) is 11.5 Å². The number of phenols is 1. The zero-order valence-corrected chi connectivity index (χ0v) is 15.9. The molecule has 24 heavy (non-hydrogen) atoms. The Balaban J connectivity index is 2.07. The van der Waals surface area contributed by atoms with E-state index in [1.807, 2.05) is 6.07 Å². The summed E-state index contributed by atoms with van der Waals surface area (Å²) in [5, 5.41) is 20.7. The number of hydrogen-bond donors (Lipinski definition) is 2. The van der Waals surface area contributed by atoms with Gasteiger partial charge in [0.2, 0.25) is 0 Å². The smallest absolute Gasteiger partial charge is 0.119 e. The van der Waals surface area contributed by atoms with Gasteiger partial charge >= 0.3 is 0 Å². The first-order valence-electron chi connectivity index (χ1n) is 9.95. The average Bonchev–Trinajstić information content (AvgIpc) is 2.76. The maximum Gasteiger partial charge on any atom is 0.119 e. The van der Waals surface area contributed by atoms with Crippen molar-refractivity contribution in [2.75, 3.05) is 0 Å². The van der Waals surface area contributed by atoms with Crippen molar-refractivity contribution in [3.63, 3.8) is 0 Å². The molecule has 2 unspecified atom stereocenters. The Kier molecular flexibility index (Phi) is 7.16. The van der Waals surface area contributed by atoms with E-state index in [2.05, 4.69) is 32.9 Å². The minimum absolute atomic E-state index is 0.104. The van der Waals surface area contributed by atoms with Crippen LogP contribution in [0.15, 0.2) is 18.2 Å². The molecule has 0 spiro atoms. The van der Waals surface area contributed by atoms with Gasteiger partial charge in [-0.15, -0.1) is 0 Å². The molecular formula is C22H36O2. The summed E-state index contributed by atoms with van der Waals surface area (Å²) in [6.45, 7) is 6.80. The van der Waals surface area contributed by atoms with Crippen LogP contribution in [0.2, 0.25) is 0 Å². The molecule has 1 saturated carbocycles. The Hall–Kier alpha value is -1.02. The molecular weight excluding hydrogens is 296 g/mol. The molecule has 1 aliphatic carbocycles. The van der Waals surface area contributed by atoms with Crippen LogP contribution in [-0.4, -0.2) is 16.3 Å². The van der Waals surface area contributed by atoms with Crippen molar-refractivity contribution in [2.24, 2.45) is 0 Å². The van der Waals surface area contributed by atoms with E-state index < -0.39 is 0 Å². The SMILES string of the molecule is CCCCCCC(C)(C)c1ccc(C2CCCCC(O)C2)c(O)c1. The molecule has 0 radical (unpaired) electrons. The number of hydrogen-bond acceptors (Lipinski definition) is 2. The lowest BCUT2D eigenvalue weighted by Crippen LogP contribution is -2.17. The molecule has 1 aromatic carbocycles. The van der Waals surface area contributed by atoms with Gasteiger partial charge in [0.05, 0.1) is 6.10 Å². The Morgan fingerprint density at radius 3 is 2.54 bits per heavy atom. The van der Waals surface area contributed by atoms with Gasteiger partial charge in [0, 0.05) is 0 Å². The van der Waals surface area contributed by atoms with Gasteiger partial charge in [0.15, 0.2) is 0 Å². The Morgan fingerprint density at radius 1 is 1.08 bits per heavy atom. The van der Waals surface area contributed by atoms with Crippen LogP contribution in [0.25, 0.3) is 0 Å².